The van der Waals surface area contributed by atoms with Crippen molar-refractivity contribution in [3.05, 3.63) is 0 Å². The summed E-state index contributed by atoms with van der Waals surface area (Å²) in [6.45, 7) is 9.00. The van der Waals surface area contributed by atoms with Crippen molar-refractivity contribution >= 4 is 23.0 Å². The largest absolute Gasteiger partial charge is 0.500 e. The highest BCUT2D eigenvalue weighted by Crippen LogP contribution is 2.18. The first-order valence-corrected chi connectivity index (χ1v) is 13.6. The van der Waals surface area contributed by atoms with Crippen molar-refractivity contribution in [2.24, 2.45) is 0 Å². The van der Waals surface area contributed by atoms with Gasteiger partial charge in [0.25, 0.3) is 0 Å². The molecule has 0 atom stereocenters. The van der Waals surface area contributed by atoms with Gasteiger partial charge in [0.1, 0.15) is 8.24 Å². The molecular formula is C15H35NO5Si2. The van der Waals surface area contributed by atoms with Crippen LogP contribution in [0.1, 0.15) is 25.7 Å². The average Bonchev–Trinajstić information content (AvgIpc) is 2.52. The molecule has 0 fully saturated rings. The molecule has 23 heavy (non-hydrogen) atoms. The van der Waals surface area contributed by atoms with E-state index in [9.17, 15) is 4.79 Å². The SMILES string of the molecule is COC(=O)CCCN(CCCC[Si](OC)(OC)OC)[Si](C)(C)C. The van der Waals surface area contributed by atoms with Gasteiger partial charge in [-0.2, -0.15) is 0 Å². The number of hydrogen-bond acceptors (Lipinski definition) is 6. The average molecular weight is 366 g/mol. The molecule has 0 aliphatic carbocycles. The molecule has 0 aromatic carbocycles. The number of esters is 1. The van der Waals surface area contributed by atoms with Crippen molar-refractivity contribution in [2.45, 2.75) is 51.4 Å². The zero-order valence-corrected chi connectivity index (χ0v) is 17.9. The van der Waals surface area contributed by atoms with Crippen LogP contribution in [0.5, 0.6) is 0 Å². The van der Waals surface area contributed by atoms with E-state index < -0.39 is 17.0 Å². The molecule has 138 valence electrons. The van der Waals surface area contributed by atoms with Gasteiger partial charge in [0, 0.05) is 33.8 Å². The molecule has 0 spiro atoms. The molecule has 0 rings (SSSR count). The molecule has 0 unspecified atom stereocenters. The van der Waals surface area contributed by atoms with Gasteiger partial charge in [0.2, 0.25) is 0 Å². The van der Waals surface area contributed by atoms with Crippen LogP contribution in [0, 0.1) is 0 Å². The molecule has 0 bridgehead atoms. The van der Waals surface area contributed by atoms with Crippen molar-refractivity contribution in [1.82, 2.24) is 4.57 Å². The first-order valence-electron chi connectivity index (χ1n) is 8.22. The second-order valence-electron chi connectivity index (χ2n) is 6.59. The third-order valence-electron chi connectivity index (χ3n) is 4.08. The van der Waals surface area contributed by atoms with Crippen LogP contribution in [-0.4, -0.2) is 69.1 Å². The lowest BCUT2D eigenvalue weighted by Gasteiger charge is -2.34. The zero-order chi connectivity index (χ0) is 17.9. The summed E-state index contributed by atoms with van der Waals surface area (Å²) in [4.78, 5) is 11.2. The minimum atomic E-state index is -2.45. The van der Waals surface area contributed by atoms with Gasteiger partial charge < -0.3 is 22.6 Å². The molecular weight excluding hydrogens is 330 g/mol. The molecule has 0 saturated carbocycles. The van der Waals surface area contributed by atoms with E-state index in [2.05, 4.69) is 24.2 Å². The Balaban J connectivity index is 4.28. The normalized spacial score (nSPS) is 12.7. The highest BCUT2D eigenvalue weighted by atomic mass is 28.4. The number of methoxy groups -OCH3 is 1. The summed E-state index contributed by atoms with van der Waals surface area (Å²) in [5.74, 6) is -0.128. The van der Waals surface area contributed by atoms with Crippen molar-refractivity contribution in [3.8, 4) is 0 Å². The van der Waals surface area contributed by atoms with Crippen LogP contribution in [-0.2, 0) is 22.8 Å². The predicted octanol–water partition coefficient (Wildman–Crippen LogP) is 2.73. The van der Waals surface area contributed by atoms with Crippen LogP contribution in [0.4, 0.5) is 0 Å². The Bertz CT molecular complexity index is 324. The molecule has 0 aromatic heterocycles. The fraction of sp³-hybridized carbons (Fsp3) is 0.933. The Hall–Kier alpha value is -0.256. The predicted molar refractivity (Wildman–Crippen MR) is 97.0 cm³/mol. The first kappa shape index (κ1) is 22.7. The highest BCUT2D eigenvalue weighted by Gasteiger charge is 2.37. The van der Waals surface area contributed by atoms with Gasteiger partial charge in [-0.15, -0.1) is 0 Å². The summed E-state index contributed by atoms with van der Waals surface area (Å²) >= 11 is 0. The lowest BCUT2D eigenvalue weighted by atomic mass is 10.3. The lowest BCUT2D eigenvalue weighted by molar-refractivity contribution is -0.140. The Morgan fingerprint density at radius 3 is 1.83 bits per heavy atom. The van der Waals surface area contributed by atoms with Crippen LogP contribution >= 0.6 is 0 Å². The van der Waals surface area contributed by atoms with Gasteiger partial charge in [-0.05, 0) is 32.4 Å². The van der Waals surface area contributed by atoms with Crippen molar-refractivity contribution in [3.63, 3.8) is 0 Å². The number of nitrogens with zero attached hydrogens (tertiary/aromatic N) is 1. The third kappa shape index (κ3) is 8.97. The monoisotopic (exact) mass is 365 g/mol. The number of carbonyl (C=O) groups is 1. The second kappa shape index (κ2) is 11.3. The minimum absolute atomic E-state index is 0.128. The van der Waals surface area contributed by atoms with E-state index in [1.165, 1.54) is 7.11 Å². The first-order chi connectivity index (χ1) is 10.7. The summed E-state index contributed by atoms with van der Waals surface area (Å²) in [7, 11) is 2.56. The Morgan fingerprint density at radius 1 is 0.870 bits per heavy atom. The molecule has 0 radical (unpaired) electrons. The molecule has 0 aliphatic heterocycles. The number of carbonyl (C=O) groups excluding carboxylic acids is 1. The van der Waals surface area contributed by atoms with Gasteiger partial charge >= 0.3 is 14.8 Å². The van der Waals surface area contributed by atoms with E-state index in [-0.39, 0.29) is 5.97 Å². The van der Waals surface area contributed by atoms with Gasteiger partial charge in [0.05, 0.1) is 7.11 Å². The maximum Gasteiger partial charge on any atom is 0.500 e. The number of ether oxygens (including phenoxy) is 1. The third-order valence-corrected chi connectivity index (χ3v) is 9.26. The van der Waals surface area contributed by atoms with E-state index in [4.69, 9.17) is 18.0 Å². The van der Waals surface area contributed by atoms with Crippen LogP contribution in [0.15, 0.2) is 0 Å². The summed E-state index contributed by atoms with van der Waals surface area (Å²) in [6.07, 6.45) is 3.43. The van der Waals surface area contributed by atoms with E-state index in [1.807, 2.05) is 0 Å². The Morgan fingerprint density at radius 2 is 1.39 bits per heavy atom. The van der Waals surface area contributed by atoms with Crippen LogP contribution in [0.25, 0.3) is 0 Å². The van der Waals surface area contributed by atoms with Crippen molar-refractivity contribution in [1.29, 1.82) is 0 Å². The summed E-state index contributed by atoms with van der Waals surface area (Å²) in [6, 6.07) is 0.832. The number of hydrogen-bond donors (Lipinski definition) is 0. The van der Waals surface area contributed by atoms with E-state index in [1.54, 1.807) is 21.3 Å². The molecule has 0 aliphatic rings. The number of unbranched alkanes of at least 4 members (excludes halogenated alkanes) is 1. The fourth-order valence-corrected chi connectivity index (χ4v) is 5.95. The molecule has 0 heterocycles. The molecule has 6 nitrogen and oxygen atoms in total. The number of rotatable bonds is 13. The molecule has 0 saturated heterocycles. The quantitative estimate of drug-likeness (QED) is 0.284. The Labute approximate surface area is 143 Å². The van der Waals surface area contributed by atoms with E-state index in [0.717, 1.165) is 38.4 Å². The smallest absolute Gasteiger partial charge is 0.469 e. The van der Waals surface area contributed by atoms with Crippen LogP contribution < -0.4 is 0 Å². The molecule has 8 heteroatoms. The summed E-state index contributed by atoms with van der Waals surface area (Å²) < 4.78 is 23.6. The standard InChI is InChI=1S/C15H35NO5Si2/c1-18-15(17)11-10-13-16(22(5,6)7)12-8-9-14-23(19-2,20-3)21-4/h8-14H2,1-7H3. The zero-order valence-electron chi connectivity index (χ0n) is 15.9. The summed E-state index contributed by atoms with van der Waals surface area (Å²) in [5, 5.41) is 0. The van der Waals surface area contributed by atoms with E-state index >= 15 is 0 Å². The summed E-state index contributed by atoms with van der Waals surface area (Å²) in [5.41, 5.74) is 0. The molecule has 0 amide bonds. The lowest BCUT2D eigenvalue weighted by Crippen LogP contribution is -2.47. The van der Waals surface area contributed by atoms with E-state index in [0.29, 0.717) is 6.42 Å². The molecule has 0 aromatic rings. The van der Waals surface area contributed by atoms with Gasteiger partial charge in [-0.25, -0.2) is 0 Å². The van der Waals surface area contributed by atoms with Crippen molar-refractivity contribution < 1.29 is 22.8 Å². The topological polar surface area (TPSA) is 57.2 Å². The van der Waals surface area contributed by atoms with Crippen molar-refractivity contribution in [2.75, 3.05) is 41.5 Å². The van der Waals surface area contributed by atoms with Gasteiger partial charge in [0.15, 0.2) is 0 Å². The van der Waals surface area contributed by atoms with Crippen LogP contribution in [0.2, 0.25) is 25.7 Å². The van der Waals surface area contributed by atoms with Crippen LogP contribution in [0.3, 0.4) is 0 Å². The molecule has 0 N–H and O–H groups in total. The maximum absolute atomic E-state index is 11.2. The Kier molecular flexibility index (Phi) is 11.2. The van der Waals surface area contributed by atoms with Gasteiger partial charge in [-0.3, -0.25) is 4.79 Å². The van der Waals surface area contributed by atoms with Gasteiger partial charge in [-0.1, -0.05) is 19.6 Å². The fourth-order valence-electron chi connectivity index (χ4n) is 2.50. The minimum Gasteiger partial charge on any atom is -0.469 e. The maximum atomic E-state index is 11.2. The highest BCUT2D eigenvalue weighted by molar-refractivity contribution is 6.73. The second-order valence-corrected chi connectivity index (χ2v) is 14.7.